The maximum absolute atomic E-state index is 11.2. The molecule has 0 aliphatic rings. The molecule has 2 aromatic rings. The zero-order valence-corrected chi connectivity index (χ0v) is 9.45. The second kappa shape index (κ2) is 4.32. The summed E-state index contributed by atoms with van der Waals surface area (Å²) in [6.07, 6.45) is 0. The number of ether oxygens (including phenoxy) is 1. The fraction of sp³-hybridized carbons (Fsp3) is 0.0909. The number of anilines is 1. The molecule has 1 heterocycles. The number of methoxy groups -OCH3 is 1. The molecule has 0 fully saturated rings. The molecule has 82 valence electrons. The maximum atomic E-state index is 11.2. The SMILES string of the molecule is COC(=O)c1csc(-c2ccc(N)cc2)n1. The van der Waals surface area contributed by atoms with Crippen LogP contribution in [-0.4, -0.2) is 18.1 Å². The number of carbonyl (C=O) groups excluding carboxylic acids is 1. The molecule has 1 aromatic carbocycles. The number of benzene rings is 1. The largest absolute Gasteiger partial charge is 0.464 e. The Morgan fingerprint density at radius 2 is 2.06 bits per heavy atom. The van der Waals surface area contributed by atoms with E-state index in [1.54, 1.807) is 17.5 Å². The molecule has 5 heteroatoms. The van der Waals surface area contributed by atoms with Crippen LogP contribution >= 0.6 is 11.3 Å². The Labute approximate surface area is 96.7 Å². The Morgan fingerprint density at radius 3 is 2.69 bits per heavy atom. The van der Waals surface area contributed by atoms with Crippen molar-refractivity contribution in [3.8, 4) is 10.6 Å². The molecule has 0 saturated heterocycles. The van der Waals surface area contributed by atoms with Gasteiger partial charge < -0.3 is 10.5 Å². The number of carbonyl (C=O) groups is 1. The molecular weight excluding hydrogens is 224 g/mol. The topological polar surface area (TPSA) is 65.2 Å². The van der Waals surface area contributed by atoms with Gasteiger partial charge in [-0.2, -0.15) is 0 Å². The quantitative estimate of drug-likeness (QED) is 0.639. The van der Waals surface area contributed by atoms with E-state index in [0.717, 1.165) is 10.6 Å². The summed E-state index contributed by atoms with van der Waals surface area (Å²) in [5.41, 5.74) is 7.56. The third-order valence-electron chi connectivity index (χ3n) is 2.06. The summed E-state index contributed by atoms with van der Waals surface area (Å²) in [6.45, 7) is 0. The number of rotatable bonds is 2. The Kier molecular flexibility index (Phi) is 2.87. The first kappa shape index (κ1) is 10.6. The molecule has 0 atom stereocenters. The summed E-state index contributed by atoms with van der Waals surface area (Å²) in [6, 6.07) is 7.34. The van der Waals surface area contributed by atoms with Crippen LogP contribution in [-0.2, 0) is 4.74 Å². The highest BCUT2D eigenvalue weighted by molar-refractivity contribution is 7.13. The van der Waals surface area contributed by atoms with Gasteiger partial charge >= 0.3 is 5.97 Å². The van der Waals surface area contributed by atoms with Crippen LogP contribution in [0.15, 0.2) is 29.6 Å². The van der Waals surface area contributed by atoms with Crippen molar-refractivity contribution in [1.82, 2.24) is 4.98 Å². The summed E-state index contributed by atoms with van der Waals surface area (Å²) >= 11 is 1.40. The van der Waals surface area contributed by atoms with Gasteiger partial charge in [0.2, 0.25) is 0 Å². The van der Waals surface area contributed by atoms with Crippen molar-refractivity contribution in [2.45, 2.75) is 0 Å². The summed E-state index contributed by atoms with van der Waals surface area (Å²) in [5.74, 6) is -0.419. The van der Waals surface area contributed by atoms with Crippen LogP contribution in [0.5, 0.6) is 0 Å². The van der Waals surface area contributed by atoms with Crippen molar-refractivity contribution in [1.29, 1.82) is 0 Å². The van der Waals surface area contributed by atoms with Crippen LogP contribution in [0.4, 0.5) is 5.69 Å². The average molecular weight is 234 g/mol. The molecule has 0 bridgehead atoms. The van der Waals surface area contributed by atoms with Gasteiger partial charge in [-0.3, -0.25) is 0 Å². The van der Waals surface area contributed by atoms with Crippen LogP contribution in [0.25, 0.3) is 10.6 Å². The van der Waals surface area contributed by atoms with Crippen molar-refractivity contribution in [3.63, 3.8) is 0 Å². The molecule has 16 heavy (non-hydrogen) atoms. The monoisotopic (exact) mass is 234 g/mol. The smallest absolute Gasteiger partial charge is 0.357 e. The second-order valence-electron chi connectivity index (χ2n) is 3.15. The Morgan fingerprint density at radius 1 is 1.38 bits per heavy atom. The first-order valence-corrected chi connectivity index (χ1v) is 5.48. The van der Waals surface area contributed by atoms with E-state index in [9.17, 15) is 4.79 Å². The molecular formula is C11H10N2O2S. The van der Waals surface area contributed by atoms with Gasteiger partial charge in [-0.15, -0.1) is 11.3 Å². The number of nitrogens with zero attached hydrogens (tertiary/aromatic N) is 1. The predicted molar refractivity (Wildman–Crippen MR) is 63.3 cm³/mol. The van der Waals surface area contributed by atoms with E-state index < -0.39 is 5.97 Å². The Balaban J connectivity index is 2.31. The summed E-state index contributed by atoms with van der Waals surface area (Å²) in [7, 11) is 1.34. The van der Waals surface area contributed by atoms with E-state index in [4.69, 9.17) is 5.73 Å². The highest BCUT2D eigenvalue weighted by atomic mass is 32.1. The molecule has 0 spiro atoms. The van der Waals surface area contributed by atoms with E-state index in [2.05, 4.69) is 9.72 Å². The van der Waals surface area contributed by atoms with Gasteiger partial charge in [0, 0.05) is 16.6 Å². The van der Waals surface area contributed by atoms with Crippen molar-refractivity contribution < 1.29 is 9.53 Å². The van der Waals surface area contributed by atoms with Crippen LogP contribution in [0.3, 0.4) is 0 Å². The molecule has 0 unspecified atom stereocenters. The van der Waals surface area contributed by atoms with Gasteiger partial charge in [-0.25, -0.2) is 9.78 Å². The number of thiazole rings is 1. The lowest BCUT2D eigenvalue weighted by Crippen LogP contribution is -2.00. The minimum Gasteiger partial charge on any atom is -0.464 e. The molecule has 0 amide bonds. The van der Waals surface area contributed by atoms with Gasteiger partial charge in [0.15, 0.2) is 5.69 Å². The Bertz CT molecular complexity index is 505. The first-order chi connectivity index (χ1) is 7.70. The van der Waals surface area contributed by atoms with E-state index in [1.165, 1.54) is 18.4 Å². The molecule has 2 rings (SSSR count). The normalized spacial score (nSPS) is 10.1. The van der Waals surface area contributed by atoms with Crippen LogP contribution in [0, 0.1) is 0 Å². The number of hydrogen-bond donors (Lipinski definition) is 1. The minimum absolute atomic E-state index is 0.333. The third-order valence-corrected chi connectivity index (χ3v) is 2.95. The van der Waals surface area contributed by atoms with Crippen LogP contribution < -0.4 is 5.73 Å². The molecule has 0 saturated carbocycles. The van der Waals surface area contributed by atoms with E-state index in [1.807, 2.05) is 12.1 Å². The summed E-state index contributed by atoms with van der Waals surface area (Å²) in [5, 5.41) is 2.46. The van der Waals surface area contributed by atoms with Crippen LogP contribution in [0.1, 0.15) is 10.5 Å². The highest BCUT2D eigenvalue weighted by Crippen LogP contribution is 2.24. The number of aromatic nitrogens is 1. The molecule has 0 aliphatic carbocycles. The predicted octanol–water partition coefficient (Wildman–Crippen LogP) is 2.18. The number of nitrogen functional groups attached to an aromatic ring is 1. The fourth-order valence-corrected chi connectivity index (χ4v) is 2.03. The molecule has 0 aliphatic heterocycles. The molecule has 1 aromatic heterocycles. The Hall–Kier alpha value is -1.88. The van der Waals surface area contributed by atoms with Crippen molar-refractivity contribution in [2.24, 2.45) is 0 Å². The van der Waals surface area contributed by atoms with Gasteiger partial charge in [-0.05, 0) is 24.3 Å². The number of esters is 1. The van der Waals surface area contributed by atoms with Crippen LogP contribution in [0.2, 0.25) is 0 Å². The molecule has 0 radical (unpaired) electrons. The standard InChI is InChI=1S/C11H10N2O2S/c1-15-11(14)9-6-16-10(13-9)7-2-4-8(12)5-3-7/h2-6H,12H2,1H3. The lowest BCUT2D eigenvalue weighted by molar-refractivity contribution is 0.0595. The summed E-state index contributed by atoms with van der Waals surface area (Å²) in [4.78, 5) is 15.4. The molecule has 2 N–H and O–H groups in total. The van der Waals surface area contributed by atoms with Crippen molar-refractivity contribution in [3.05, 3.63) is 35.3 Å². The zero-order valence-electron chi connectivity index (χ0n) is 8.64. The van der Waals surface area contributed by atoms with Gasteiger partial charge in [0.25, 0.3) is 0 Å². The lowest BCUT2D eigenvalue weighted by Gasteiger charge is -1.96. The lowest BCUT2D eigenvalue weighted by atomic mass is 10.2. The van der Waals surface area contributed by atoms with Crippen molar-refractivity contribution in [2.75, 3.05) is 12.8 Å². The fourth-order valence-electron chi connectivity index (χ4n) is 1.23. The zero-order chi connectivity index (χ0) is 11.5. The maximum Gasteiger partial charge on any atom is 0.357 e. The number of nitrogens with two attached hydrogens (primary N) is 1. The summed E-state index contributed by atoms with van der Waals surface area (Å²) < 4.78 is 4.59. The van der Waals surface area contributed by atoms with Crippen molar-refractivity contribution >= 4 is 23.0 Å². The highest BCUT2D eigenvalue weighted by Gasteiger charge is 2.11. The van der Waals surface area contributed by atoms with Gasteiger partial charge in [-0.1, -0.05) is 0 Å². The van der Waals surface area contributed by atoms with E-state index in [0.29, 0.717) is 11.4 Å². The van der Waals surface area contributed by atoms with Gasteiger partial charge in [0.1, 0.15) is 5.01 Å². The van der Waals surface area contributed by atoms with Gasteiger partial charge in [0.05, 0.1) is 7.11 Å². The minimum atomic E-state index is -0.419. The second-order valence-corrected chi connectivity index (χ2v) is 4.01. The average Bonchev–Trinajstić information content (AvgIpc) is 2.78. The third kappa shape index (κ3) is 2.04. The van der Waals surface area contributed by atoms with E-state index in [-0.39, 0.29) is 0 Å². The first-order valence-electron chi connectivity index (χ1n) is 4.60. The van der Waals surface area contributed by atoms with E-state index >= 15 is 0 Å². The number of hydrogen-bond acceptors (Lipinski definition) is 5. The molecule has 4 nitrogen and oxygen atoms in total.